The summed E-state index contributed by atoms with van der Waals surface area (Å²) in [4.78, 5) is 21.8. The molecule has 1 fully saturated rings. The molecular formula is C12H11F3N2O4. The minimum atomic E-state index is -4.85. The third kappa shape index (κ3) is 3.83. The van der Waals surface area contributed by atoms with Crippen molar-refractivity contribution in [3.05, 3.63) is 39.9 Å². The highest BCUT2D eigenvalue weighted by molar-refractivity contribution is 5.77. The van der Waals surface area contributed by atoms with Crippen LogP contribution in [0.4, 0.5) is 13.2 Å². The Morgan fingerprint density at radius 3 is 2.71 bits per heavy atom. The number of nitrogens with one attached hydrogen (secondary N) is 1. The second-order valence-corrected chi connectivity index (χ2v) is 4.56. The van der Waals surface area contributed by atoms with Crippen LogP contribution in [0.5, 0.6) is 5.75 Å². The van der Waals surface area contributed by atoms with E-state index in [-0.39, 0.29) is 24.3 Å². The van der Waals surface area contributed by atoms with Crippen molar-refractivity contribution in [3.8, 4) is 5.75 Å². The molecule has 1 aromatic carbocycles. The fraction of sp³-hybridized carbons (Fsp3) is 0.417. The van der Waals surface area contributed by atoms with Gasteiger partial charge in [0.05, 0.1) is 0 Å². The van der Waals surface area contributed by atoms with E-state index in [0.29, 0.717) is 0 Å². The number of carbonyl (C=O) groups is 1. The number of nitro groups is 1. The lowest BCUT2D eigenvalue weighted by Crippen LogP contribution is -2.45. The van der Waals surface area contributed by atoms with Crippen LogP contribution in [0.1, 0.15) is 24.4 Å². The monoisotopic (exact) mass is 304 g/mol. The van der Waals surface area contributed by atoms with Gasteiger partial charge in [-0.1, -0.05) is 12.1 Å². The maximum Gasteiger partial charge on any atom is 0.573 e. The van der Waals surface area contributed by atoms with Crippen LogP contribution in [0.15, 0.2) is 24.3 Å². The van der Waals surface area contributed by atoms with Crippen molar-refractivity contribution < 1.29 is 27.6 Å². The minimum Gasteiger partial charge on any atom is -0.406 e. The summed E-state index contributed by atoms with van der Waals surface area (Å²) in [7, 11) is 0. The van der Waals surface area contributed by atoms with E-state index in [9.17, 15) is 28.1 Å². The van der Waals surface area contributed by atoms with Crippen molar-refractivity contribution in [2.24, 2.45) is 0 Å². The first-order valence-electron chi connectivity index (χ1n) is 6.05. The Labute approximate surface area is 117 Å². The van der Waals surface area contributed by atoms with Crippen molar-refractivity contribution in [1.82, 2.24) is 5.32 Å². The van der Waals surface area contributed by atoms with E-state index in [1.54, 1.807) is 0 Å². The average Bonchev–Trinajstić information content (AvgIpc) is 2.36. The summed E-state index contributed by atoms with van der Waals surface area (Å²) in [5.74, 6) is -0.859. The number of alkyl halides is 3. The quantitative estimate of drug-likeness (QED) is 0.685. The van der Waals surface area contributed by atoms with Gasteiger partial charge in [-0.25, -0.2) is 0 Å². The normalized spacial score (nSPS) is 22.5. The van der Waals surface area contributed by atoms with E-state index < -0.39 is 29.1 Å². The lowest BCUT2D eigenvalue weighted by atomic mass is 9.92. The van der Waals surface area contributed by atoms with Gasteiger partial charge in [-0.3, -0.25) is 14.9 Å². The van der Waals surface area contributed by atoms with Crippen LogP contribution in [-0.4, -0.2) is 23.2 Å². The second-order valence-electron chi connectivity index (χ2n) is 4.56. The molecule has 1 heterocycles. The Hall–Kier alpha value is -2.32. The summed E-state index contributed by atoms with van der Waals surface area (Å²) in [6.45, 7) is 0. The van der Waals surface area contributed by atoms with Crippen molar-refractivity contribution in [1.29, 1.82) is 0 Å². The van der Waals surface area contributed by atoms with Crippen LogP contribution >= 0.6 is 0 Å². The first kappa shape index (κ1) is 15.1. The highest BCUT2D eigenvalue weighted by Crippen LogP contribution is 2.30. The standard InChI is InChI=1S/C12H11F3N2O4/c13-12(14,15)21-8-3-1-2-7(6-8)11-9(17(19)20)4-5-10(18)16-11/h1-3,6,9,11H,4-5H2,(H,16,18). The van der Waals surface area contributed by atoms with Crippen LogP contribution in [0.3, 0.4) is 0 Å². The summed E-state index contributed by atoms with van der Waals surface area (Å²) in [5, 5.41) is 13.4. The fourth-order valence-electron chi connectivity index (χ4n) is 2.23. The molecule has 1 aliphatic rings. The molecule has 0 bridgehead atoms. The zero-order valence-electron chi connectivity index (χ0n) is 10.6. The Morgan fingerprint density at radius 1 is 1.38 bits per heavy atom. The van der Waals surface area contributed by atoms with Gasteiger partial charge >= 0.3 is 6.36 Å². The number of ether oxygens (including phenoxy) is 1. The summed E-state index contributed by atoms with van der Waals surface area (Å²) < 4.78 is 40.3. The average molecular weight is 304 g/mol. The van der Waals surface area contributed by atoms with Crippen molar-refractivity contribution in [3.63, 3.8) is 0 Å². The molecule has 1 N–H and O–H groups in total. The lowest BCUT2D eigenvalue weighted by Gasteiger charge is -2.27. The molecule has 1 aliphatic heterocycles. The third-order valence-electron chi connectivity index (χ3n) is 3.09. The Bertz CT molecular complexity index is 562. The number of piperidine rings is 1. The number of rotatable bonds is 3. The first-order valence-corrected chi connectivity index (χ1v) is 6.05. The molecular weight excluding hydrogens is 293 g/mol. The summed E-state index contributed by atoms with van der Waals surface area (Å²) in [6.07, 6.45) is -4.80. The highest BCUT2D eigenvalue weighted by atomic mass is 19.4. The number of halogens is 3. The maximum atomic E-state index is 12.2. The number of benzene rings is 1. The maximum absolute atomic E-state index is 12.2. The van der Waals surface area contributed by atoms with Gasteiger partial charge in [0.15, 0.2) is 0 Å². The van der Waals surface area contributed by atoms with E-state index >= 15 is 0 Å². The fourth-order valence-corrected chi connectivity index (χ4v) is 2.23. The van der Waals surface area contributed by atoms with E-state index in [4.69, 9.17) is 0 Å². The second kappa shape index (κ2) is 5.58. The molecule has 9 heteroatoms. The number of hydrogen-bond acceptors (Lipinski definition) is 4. The predicted octanol–water partition coefficient (Wildman–Crippen LogP) is 2.18. The summed E-state index contributed by atoms with van der Waals surface area (Å²) in [5.41, 5.74) is 0.200. The third-order valence-corrected chi connectivity index (χ3v) is 3.09. The van der Waals surface area contributed by atoms with Gasteiger partial charge in [0.2, 0.25) is 11.9 Å². The molecule has 1 aromatic rings. The first-order chi connectivity index (χ1) is 9.76. The van der Waals surface area contributed by atoms with Crippen LogP contribution in [-0.2, 0) is 4.79 Å². The topological polar surface area (TPSA) is 81.5 Å². The molecule has 21 heavy (non-hydrogen) atoms. The molecule has 114 valence electrons. The van der Waals surface area contributed by atoms with Gasteiger partial charge in [0.1, 0.15) is 11.8 Å². The van der Waals surface area contributed by atoms with Gasteiger partial charge in [-0.15, -0.1) is 13.2 Å². The SMILES string of the molecule is O=C1CCC([N+](=O)[O-])C(c2cccc(OC(F)(F)F)c2)N1. The Balaban J connectivity index is 2.28. The minimum absolute atomic E-state index is 0.0148. The van der Waals surface area contributed by atoms with E-state index in [2.05, 4.69) is 10.1 Å². The van der Waals surface area contributed by atoms with Crippen molar-refractivity contribution in [2.45, 2.75) is 31.3 Å². The molecule has 0 aromatic heterocycles. The molecule has 0 aliphatic carbocycles. The predicted molar refractivity (Wildman–Crippen MR) is 64.0 cm³/mol. The molecule has 0 radical (unpaired) electrons. The number of nitrogens with zero attached hydrogens (tertiary/aromatic N) is 1. The Morgan fingerprint density at radius 2 is 2.10 bits per heavy atom. The zero-order chi connectivity index (χ0) is 15.6. The van der Waals surface area contributed by atoms with Crippen molar-refractivity contribution >= 4 is 5.91 Å². The van der Waals surface area contributed by atoms with Crippen LogP contribution in [0, 0.1) is 10.1 Å². The van der Waals surface area contributed by atoms with E-state index in [1.165, 1.54) is 12.1 Å². The van der Waals surface area contributed by atoms with E-state index in [1.807, 2.05) is 0 Å². The van der Waals surface area contributed by atoms with Gasteiger partial charge in [0, 0.05) is 17.8 Å². The van der Waals surface area contributed by atoms with Crippen LogP contribution in [0.25, 0.3) is 0 Å². The lowest BCUT2D eigenvalue weighted by molar-refractivity contribution is -0.529. The summed E-state index contributed by atoms with van der Waals surface area (Å²) >= 11 is 0. The molecule has 0 saturated carbocycles. The highest BCUT2D eigenvalue weighted by Gasteiger charge is 2.38. The molecule has 2 atom stereocenters. The zero-order valence-corrected chi connectivity index (χ0v) is 10.6. The number of hydrogen-bond donors (Lipinski definition) is 1. The van der Waals surface area contributed by atoms with Crippen molar-refractivity contribution in [2.75, 3.05) is 0 Å². The molecule has 2 unspecified atom stereocenters. The van der Waals surface area contributed by atoms with E-state index in [0.717, 1.165) is 12.1 Å². The van der Waals surface area contributed by atoms with Crippen LogP contribution < -0.4 is 10.1 Å². The molecule has 0 spiro atoms. The van der Waals surface area contributed by atoms with Crippen LogP contribution in [0.2, 0.25) is 0 Å². The summed E-state index contributed by atoms with van der Waals surface area (Å²) in [6, 6.07) is 2.77. The van der Waals surface area contributed by atoms with Gasteiger partial charge in [0.25, 0.3) is 0 Å². The molecule has 1 amide bonds. The molecule has 1 saturated heterocycles. The molecule has 6 nitrogen and oxygen atoms in total. The largest absolute Gasteiger partial charge is 0.573 e. The Kier molecular flexibility index (Phi) is 4.01. The number of carbonyl (C=O) groups excluding carboxylic acids is 1. The smallest absolute Gasteiger partial charge is 0.406 e. The molecule has 2 rings (SSSR count). The number of amides is 1. The van der Waals surface area contributed by atoms with Gasteiger partial charge in [-0.05, 0) is 17.7 Å². The van der Waals surface area contributed by atoms with Gasteiger partial charge in [-0.2, -0.15) is 0 Å². The van der Waals surface area contributed by atoms with Gasteiger partial charge < -0.3 is 10.1 Å².